The largest absolute Gasteiger partial charge is 0.469 e. The van der Waals surface area contributed by atoms with E-state index in [0.717, 1.165) is 0 Å². The lowest BCUT2D eigenvalue weighted by molar-refractivity contribution is -0.141. The van der Waals surface area contributed by atoms with Crippen LogP contribution in [0.1, 0.15) is 26.7 Å². The standard InChI is InChI=1S/C12H20N2O3/c1-9(2)10(8-13)12(16)14(3)7-5-6-11(15)17-4/h9-10H,5-7H2,1-4H3. The van der Waals surface area contributed by atoms with Gasteiger partial charge in [-0.15, -0.1) is 0 Å². The number of nitrogens with zero attached hydrogens (tertiary/aromatic N) is 2. The van der Waals surface area contributed by atoms with Crippen LogP contribution < -0.4 is 0 Å². The third-order valence-corrected chi connectivity index (χ3v) is 2.55. The Balaban J connectivity index is 4.14. The van der Waals surface area contributed by atoms with Gasteiger partial charge in [0.1, 0.15) is 5.92 Å². The number of nitriles is 1. The Kier molecular flexibility index (Phi) is 6.95. The van der Waals surface area contributed by atoms with E-state index in [4.69, 9.17) is 5.26 Å². The second-order valence-corrected chi connectivity index (χ2v) is 4.29. The molecular weight excluding hydrogens is 220 g/mol. The van der Waals surface area contributed by atoms with Gasteiger partial charge in [0.25, 0.3) is 0 Å². The summed E-state index contributed by atoms with van der Waals surface area (Å²) in [6, 6.07) is 2.01. The minimum absolute atomic E-state index is 0.00411. The van der Waals surface area contributed by atoms with Gasteiger partial charge in [-0.3, -0.25) is 9.59 Å². The molecule has 5 nitrogen and oxygen atoms in total. The van der Waals surface area contributed by atoms with E-state index < -0.39 is 5.92 Å². The topological polar surface area (TPSA) is 70.4 Å². The molecule has 1 atom stereocenters. The Labute approximate surface area is 102 Å². The summed E-state index contributed by atoms with van der Waals surface area (Å²) in [5.41, 5.74) is 0. The average Bonchev–Trinajstić information content (AvgIpc) is 2.28. The van der Waals surface area contributed by atoms with Gasteiger partial charge in [0.05, 0.1) is 13.2 Å². The predicted molar refractivity (Wildman–Crippen MR) is 62.8 cm³/mol. The Hall–Kier alpha value is -1.57. The molecule has 96 valence electrons. The van der Waals surface area contributed by atoms with E-state index in [-0.39, 0.29) is 24.2 Å². The van der Waals surface area contributed by atoms with Crippen molar-refractivity contribution in [3.63, 3.8) is 0 Å². The lowest BCUT2D eigenvalue weighted by atomic mass is 9.96. The summed E-state index contributed by atoms with van der Waals surface area (Å²) in [5.74, 6) is -1.09. The summed E-state index contributed by atoms with van der Waals surface area (Å²) in [5, 5.41) is 8.90. The lowest BCUT2D eigenvalue weighted by Gasteiger charge is -2.21. The van der Waals surface area contributed by atoms with Crippen LogP contribution in [-0.4, -0.2) is 37.5 Å². The Morgan fingerprint density at radius 1 is 1.41 bits per heavy atom. The molecule has 0 spiro atoms. The molecule has 0 saturated carbocycles. The van der Waals surface area contributed by atoms with E-state index in [9.17, 15) is 9.59 Å². The number of hydrogen-bond donors (Lipinski definition) is 0. The van der Waals surface area contributed by atoms with Crippen molar-refractivity contribution in [2.24, 2.45) is 11.8 Å². The molecule has 0 N–H and O–H groups in total. The zero-order valence-corrected chi connectivity index (χ0v) is 10.9. The minimum Gasteiger partial charge on any atom is -0.469 e. The molecule has 0 aromatic carbocycles. The molecule has 0 radical (unpaired) electrons. The molecule has 0 bridgehead atoms. The van der Waals surface area contributed by atoms with Crippen LogP contribution >= 0.6 is 0 Å². The molecule has 0 aliphatic rings. The van der Waals surface area contributed by atoms with Gasteiger partial charge in [-0.25, -0.2) is 0 Å². The van der Waals surface area contributed by atoms with Crippen molar-refractivity contribution < 1.29 is 14.3 Å². The third kappa shape index (κ3) is 5.34. The number of hydrogen-bond acceptors (Lipinski definition) is 4. The number of carbonyl (C=O) groups is 2. The van der Waals surface area contributed by atoms with Gasteiger partial charge in [0.2, 0.25) is 5.91 Å². The Morgan fingerprint density at radius 3 is 2.41 bits per heavy atom. The van der Waals surface area contributed by atoms with Gasteiger partial charge in [-0.1, -0.05) is 13.8 Å². The molecule has 17 heavy (non-hydrogen) atoms. The van der Waals surface area contributed by atoms with Gasteiger partial charge in [0, 0.05) is 20.0 Å². The molecule has 5 heteroatoms. The van der Waals surface area contributed by atoms with Crippen LogP contribution in [0.15, 0.2) is 0 Å². The summed E-state index contributed by atoms with van der Waals surface area (Å²) < 4.78 is 4.50. The van der Waals surface area contributed by atoms with E-state index >= 15 is 0 Å². The maximum Gasteiger partial charge on any atom is 0.305 e. The Morgan fingerprint density at radius 2 is 2.00 bits per heavy atom. The molecule has 0 heterocycles. The van der Waals surface area contributed by atoms with E-state index in [2.05, 4.69) is 4.74 Å². The number of esters is 1. The smallest absolute Gasteiger partial charge is 0.305 e. The van der Waals surface area contributed by atoms with Crippen LogP contribution in [0.4, 0.5) is 0 Å². The molecule has 1 unspecified atom stereocenters. The zero-order valence-electron chi connectivity index (χ0n) is 10.9. The number of ether oxygens (including phenoxy) is 1. The van der Waals surface area contributed by atoms with Gasteiger partial charge >= 0.3 is 5.97 Å². The maximum atomic E-state index is 11.8. The van der Waals surface area contributed by atoms with Gasteiger partial charge in [-0.2, -0.15) is 5.26 Å². The number of rotatable bonds is 6. The highest BCUT2D eigenvalue weighted by Gasteiger charge is 2.24. The minimum atomic E-state index is -0.613. The van der Waals surface area contributed by atoms with E-state index in [1.54, 1.807) is 7.05 Å². The molecule has 0 aliphatic carbocycles. The summed E-state index contributed by atoms with van der Waals surface area (Å²) in [4.78, 5) is 24.2. The van der Waals surface area contributed by atoms with Crippen LogP contribution in [0, 0.1) is 23.2 Å². The number of carbonyl (C=O) groups excluding carboxylic acids is 2. The van der Waals surface area contributed by atoms with Crippen LogP contribution in [-0.2, 0) is 14.3 Å². The van der Waals surface area contributed by atoms with Crippen LogP contribution in [0.25, 0.3) is 0 Å². The first-order valence-corrected chi connectivity index (χ1v) is 5.65. The fourth-order valence-electron chi connectivity index (χ4n) is 1.40. The first kappa shape index (κ1) is 15.4. The number of amides is 1. The molecule has 0 aromatic heterocycles. The van der Waals surface area contributed by atoms with Crippen LogP contribution in [0.2, 0.25) is 0 Å². The second-order valence-electron chi connectivity index (χ2n) is 4.29. The molecular formula is C12H20N2O3. The first-order chi connectivity index (χ1) is 7.93. The normalized spacial score (nSPS) is 11.8. The summed E-state index contributed by atoms with van der Waals surface area (Å²) in [6.07, 6.45) is 0.832. The molecule has 0 rings (SSSR count). The van der Waals surface area contributed by atoms with Crippen molar-refractivity contribution in [3.05, 3.63) is 0 Å². The van der Waals surface area contributed by atoms with Crippen molar-refractivity contribution in [3.8, 4) is 6.07 Å². The van der Waals surface area contributed by atoms with E-state index in [0.29, 0.717) is 13.0 Å². The second kappa shape index (κ2) is 7.66. The van der Waals surface area contributed by atoms with Gasteiger partial charge in [-0.05, 0) is 12.3 Å². The lowest BCUT2D eigenvalue weighted by Crippen LogP contribution is -2.35. The highest BCUT2D eigenvalue weighted by Crippen LogP contribution is 2.12. The summed E-state index contributed by atoms with van der Waals surface area (Å²) in [6.45, 7) is 4.14. The fourth-order valence-corrected chi connectivity index (χ4v) is 1.40. The molecule has 1 amide bonds. The third-order valence-electron chi connectivity index (χ3n) is 2.55. The van der Waals surface area contributed by atoms with E-state index in [1.165, 1.54) is 12.0 Å². The molecule has 0 fully saturated rings. The molecule has 0 aromatic rings. The van der Waals surface area contributed by atoms with Gasteiger partial charge < -0.3 is 9.64 Å². The summed E-state index contributed by atoms with van der Waals surface area (Å²) in [7, 11) is 2.98. The van der Waals surface area contributed by atoms with Crippen LogP contribution in [0.3, 0.4) is 0 Å². The quantitative estimate of drug-likeness (QED) is 0.654. The monoisotopic (exact) mass is 240 g/mol. The van der Waals surface area contributed by atoms with Crippen molar-refractivity contribution in [2.75, 3.05) is 20.7 Å². The van der Waals surface area contributed by atoms with Crippen molar-refractivity contribution >= 4 is 11.9 Å². The molecule has 0 aliphatic heterocycles. The van der Waals surface area contributed by atoms with Crippen LogP contribution in [0.5, 0.6) is 0 Å². The predicted octanol–water partition coefficient (Wildman–Crippen LogP) is 1.19. The highest BCUT2D eigenvalue weighted by molar-refractivity contribution is 5.81. The first-order valence-electron chi connectivity index (χ1n) is 5.65. The van der Waals surface area contributed by atoms with Crippen molar-refractivity contribution in [2.45, 2.75) is 26.7 Å². The SMILES string of the molecule is COC(=O)CCCN(C)C(=O)C(C#N)C(C)C. The molecule has 0 saturated heterocycles. The fraction of sp³-hybridized carbons (Fsp3) is 0.750. The number of methoxy groups -OCH3 is 1. The van der Waals surface area contributed by atoms with Crippen molar-refractivity contribution in [1.82, 2.24) is 4.90 Å². The zero-order chi connectivity index (χ0) is 13.4. The average molecular weight is 240 g/mol. The summed E-state index contributed by atoms with van der Waals surface area (Å²) >= 11 is 0. The maximum absolute atomic E-state index is 11.8. The van der Waals surface area contributed by atoms with Crippen molar-refractivity contribution in [1.29, 1.82) is 5.26 Å². The van der Waals surface area contributed by atoms with Gasteiger partial charge in [0.15, 0.2) is 0 Å². The Bertz CT molecular complexity index is 307. The highest BCUT2D eigenvalue weighted by atomic mass is 16.5. The van der Waals surface area contributed by atoms with E-state index in [1.807, 2.05) is 19.9 Å².